The molecule has 1 N–H and O–H groups in total. The number of rotatable bonds is 4. The molecule has 1 fully saturated rings. The molecule has 0 radical (unpaired) electrons. The summed E-state index contributed by atoms with van der Waals surface area (Å²) in [5.74, 6) is 1.52. The van der Waals surface area contributed by atoms with Crippen molar-refractivity contribution >= 4 is 11.9 Å². The van der Waals surface area contributed by atoms with E-state index in [1.54, 1.807) is 24.3 Å². The number of hydrogen-bond donors (Lipinski definition) is 1. The molecule has 25 heavy (non-hydrogen) atoms. The maximum Gasteiger partial charge on any atom is 0.161 e. The second-order valence-corrected chi connectivity index (χ2v) is 7.01. The van der Waals surface area contributed by atoms with Crippen LogP contribution in [0.3, 0.4) is 0 Å². The molecule has 0 bridgehead atoms. The second-order valence-electron chi connectivity index (χ2n) is 5.87. The van der Waals surface area contributed by atoms with Crippen LogP contribution in [0.2, 0.25) is 0 Å². The molecule has 128 valence electrons. The zero-order valence-corrected chi connectivity index (χ0v) is 14.8. The Bertz CT molecular complexity index is 846. The molecule has 1 aliphatic rings. The van der Waals surface area contributed by atoms with Crippen molar-refractivity contribution in [2.24, 2.45) is 0 Å². The fourth-order valence-electron chi connectivity index (χ4n) is 2.65. The van der Waals surface area contributed by atoms with Crippen LogP contribution in [0.1, 0.15) is 5.56 Å². The molecule has 7 heteroatoms. The normalized spacial score (nSPS) is 15.4. The van der Waals surface area contributed by atoms with E-state index in [9.17, 15) is 0 Å². The Morgan fingerprint density at radius 2 is 1.72 bits per heavy atom. The van der Waals surface area contributed by atoms with Gasteiger partial charge in [-0.3, -0.25) is 4.98 Å². The summed E-state index contributed by atoms with van der Waals surface area (Å²) in [6.07, 6.45) is 3.50. The van der Waals surface area contributed by atoms with Gasteiger partial charge in [-0.2, -0.15) is 0 Å². The van der Waals surface area contributed by atoms with Gasteiger partial charge in [-0.15, -0.1) is 10.2 Å². The molecule has 0 spiro atoms. The van der Waals surface area contributed by atoms with E-state index in [1.165, 1.54) is 10.5 Å². The number of ether oxygens (including phenoxy) is 1. The van der Waals surface area contributed by atoms with Crippen LogP contribution in [-0.2, 0) is 4.74 Å². The van der Waals surface area contributed by atoms with E-state index in [0.29, 0.717) is 0 Å². The number of morpholine rings is 1. The largest absolute Gasteiger partial charge is 0.379 e. The monoisotopic (exact) mass is 353 g/mol. The quantitative estimate of drug-likeness (QED) is 0.727. The highest BCUT2D eigenvalue weighted by Gasteiger charge is 2.14. The molecule has 0 saturated carbocycles. The summed E-state index contributed by atoms with van der Waals surface area (Å²) < 4.78 is 7.77. The minimum Gasteiger partial charge on any atom is -0.379 e. The molecule has 1 saturated heterocycles. The molecule has 0 atom stereocenters. The first kappa shape index (κ1) is 16.3. The topological polar surface area (TPSA) is 66.9 Å². The molecule has 0 amide bonds. The van der Waals surface area contributed by atoms with Crippen LogP contribution < -0.4 is 0 Å². The number of nitrogens with one attached hydrogen (secondary N) is 1. The maximum atomic E-state index is 5.42. The first-order chi connectivity index (χ1) is 12.3. The van der Waals surface area contributed by atoms with Crippen LogP contribution >= 0.6 is 11.9 Å². The van der Waals surface area contributed by atoms with Crippen molar-refractivity contribution in [1.82, 2.24) is 24.5 Å². The lowest BCUT2D eigenvalue weighted by Crippen LogP contribution is -2.30. The van der Waals surface area contributed by atoms with Crippen molar-refractivity contribution in [2.75, 3.05) is 26.3 Å². The van der Waals surface area contributed by atoms with Crippen LogP contribution in [0.4, 0.5) is 0 Å². The molecule has 3 aromatic rings. The summed E-state index contributed by atoms with van der Waals surface area (Å²) in [5, 5.41) is 8.58. The van der Waals surface area contributed by atoms with Crippen LogP contribution in [0.5, 0.6) is 0 Å². The Labute approximate surface area is 150 Å². The van der Waals surface area contributed by atoms with Crippen molar-refractivity contribution in [1.29, 1.82) is 0 Å². The summed E-state index contributed by atoms with van der Waals surface area (Å²) in [6, 6.07) is 10.2. The van der Waals surface area contributed by atoms with Gasteiger partial charge in [-0.1, -0.05) is 12.1 Å². The third-order valence-electron chi connectivity index (χ3n) is 4.10. The Balaban J connectivity index is 1.58. The lowest BCUT2D eigenvalue weighted by atomic mass is 10.1. The third kappa shape index (κ3) is 3.73. The lowest BCUT2D eigenvalue weighted by Gasteiger charge is -2.26. The van der Waals surface area contributed by atoms with E-state index in [2.05, 4.69) is 49.6 Å². The van der Waals surface area contributed by atoms with E-state index in [4.69, 9.17) is 4.74 Å². The SMILES string of the molecule is Cc1ccc(-c2nnc(-c3ccncc3)[nH]2)cc1SN1CCOCC1. The molecular weight excluding hydrogens is 334 g/mol. The van der Waals surface area contributed by atoms with Crippen LogP contribution in [-0.4, -0.2) is 50.8 Å². The number of benzene rings is 1. The standard InChI is InChI=1S/C18H19N5OS/c1-13-2-3-15(12-16(13)25-23-8-10-24-11-9-23)18-20-17(21-22-18)14-4-6-19-7-5-14/h2-7,12H,8-11H2,1H3,(H,20,21,22). The Morgan fingerprint density at radius 3 is 2.48 bits per heavy atom. The molecule has 1 aromatic carbocycles. The molecule has 0 unspecified atom stereocenters. The number of aryl methyl sites for hydroxylation is 1. The van der Waals surface area contributed by atoms with Gasteiger partial charge in [-0.05, 0) is 42.6 Å². The van der Waals surface area contributed by atoms with Gasteiger partial charge in [0.15, 0.2) is 11.6 Å². The van der Waals surface area contributed by atoms with Gasteiger partial charge < -0.3 is 9.72 Å². The van der Waals surface area contributed by atoms with Crippen molar-refractivity contribution in [3.63, 3.8) is 0 Å². The van der Waals surface area contributed by atoms with Crippen LogP contribution in [0.15, 0.2) is 47.6 Å². The first-order valence-electron chi connectivity index (χ1n) is 8.24. The lowest BCUT2D eigenvalue weighted by molar-refractivity contribution is 0.0773. The first-order valence-corrected chi connectivity index (χ1v) is 9.02. The van der Waals surface area contributed by atoms with E-state index in [-0.39, 0.29) is 0 Å². The molecular formula is C18H19N5OS. The van der Waals surface area contributed by atoms with E-state index >= 15 is 0 Å². The highest BCUT2D eigenvalue weighted by atomic mass is 32.2. The van der Waals surface area contributed by atoms with Crippen molar-refractivity contribution in [2.45, 2.75) is 11.8 Å². The maximum absolute atomic E-state index is 5.42. The number of aromatic nitrogens is 4. The number of H-pyrrole nitrogens is 1. The Morgan fingerprint density at radius 1 is 1.00 bits per heavy atom. The fourth-order valence-corrected chi connectivity index (χ4v) is 3.66. The average molecular weight is 353 g/mol. The van der Waals surface area contributed by atoms with Crippen molar-refractivity contribution in [3.8, 4) is 22.8 Å². The number of pyridine rings is 1. The van der Waals surface area contributed by atoms with E-state index < -0.39 is 0 Å². The number of aromatic amines is 1. The van der Waals surface area contributed by atoms with E-state index in [1.807, 2.05) is 12.1 Å². The predicted octanol–water partition coefficient (Wildman–Crippen LogP) is 3.18. The smallest absolute Gasteiger partial charge is 0.161 e. The summed E-state index contributed by atoms with van der Waals surface area (Å²) in [6.45, 7) is 5.62. The minimum atomic E-state index is 0.750. The van der Waals surface area contributed by atoms with Gasteiger partial charge in [0.25, 0.3) is 0 Å². The number of hydrogen-bond acceptors (Lipinski definition) is 6. The number of nitrogens with zero attached hydrogens (tertiary/aromatic N) is 4. The molecule has 4 rings (SSSR count). The van der Waals surface area contributed by atoms with Gasteiger partial charge in [0.05, 0.1) is 13.2 Å². The van der Waals surface area contributed by atoms with Crippen LogP contribution in [0.25, 0.3) is 22.8 Å². The summed E-state index contributed by atoms with van der Waals surface area (Å²) in [7, 11) is 0. The van der Waals surface area contributed by atoms with Gasteiger partial charge in [-0.25, -0.2) is 4.31 Å². The predicted molar refractivity (Wildman–Crippen MR) is 98.0 cm³/mol. The molecule has 1 aliphatic heterocycles. The summed E-state index contributed by atoms with van der Waals surface area (Å²) in [5.41, 5.74) is 3.27. The van der Waals surface area contributed by atoms with Gasteiger partial charge in [0, 0.05) is 41.5 Å². The van der Waals surface area contributed by atoms with Gasteiger partial charge in [0.2, 0.25) is 0 Å². The highest BCUT2D eigenvalue weighted by molar-refractivity contribution is 7.97. The average Bonchev–Trinajstić information content (AvgIpc) is 3.15. The molecule has 2 aromatic heterocycles. The van der Waals surface area contributed by atoms with Gasteiger partial charge >= 0.3 is 0 Å². The third-order valence-corrected chi connectivity index (χ3v) is 5.36. The fraction of sp³-hybridized carbons (Fsp3) is 0.278. The summed E-state index contributed by atoms with van der Waals surface area (Å²) in [4.78, 5) is 8.57. The highest BCUT2D eigenvalue weighted by Crippen LogP contribution is 2.30. The molecule has 3 heterocycles. The zero-order chi connectivity index (χ0) is 17.1. The Hall–Kier alpha value is -2.22. The van der Waals surface area contributed by atoms with Crippen LogP contribution in [0, 0.1) is 6.92 Å². The summed E-state index contributed by atoms with van der Waals surface area (Å²) >= 11 is 1.79. The minimum absolute atomic E-state index is 0.750. The molecule has 6 nitrogen and oxygen atoms in total. The zero-order valence-electron chi connectivity index (χ0n) is 14.0. The molecule has 0 aliphatic carbocycles. The van der Waals surface area contributed by atoms with E-state index in [0.717, 1.165) is 49.1 Å². The second kappa shape index (κ2) is 7.35. The van der Waals surface area contributed by atoms with Gasteiger partial charge in [0.1, 0.15) is 0 Å². The Kier molecular flexibility index (Phi) is 4.78. The van der Waals surface area contributed by atoms with Crippen molar-refractivity contribution < 1.29 is 4.74 Å². The van der Waals surface area contributed by atoms with Crippen molar-refractivity contribution in [3.05, 3.63) is 48.3 Å².